The van der Waals surface area contributed by atoms with Crippen LogP contribution in [0.15, 0.2) is 29.2 Å². The lowest BCUT2D eigenvalue weighted by atomic mass is 10.3. The van der Waals surface area contributed by atoms with Gasteiger partial charge in [-0.2, -0.15) is 0 Å². The molecule has 0 radical (unpaired) electrons. The lowest BCUT2D eigenvalue weighted by Crippen LogP contribution is -2.13. The van der Waals surface area contributed by atoms with E-state index >= 15 is 0 Å². The van der Waals surface area contributed by atoms with E-state index in [0.717, 1.165) is 24.4 Å². The summed E-state index contributed by atoms with van der Waals surface area (Å²) in [5, 5.41) is 18.4. The average molecular weight is 211 g/mol. The summed E-state index contributed by atoms with van der Waals surface area (Å²) in [6, 6.07) is 7.11. The largest absolute Gasteiger partial charge is 0.508 e. The third-order valence-electron chi connectivity index (χ3n) is 2.20. The number of nitrogens with zero attached hydrogens (tertiary/aromatic N) is 1. The standard InChI is InChI=1S/C10H13NO2S/c12-8-1-3-10(4-2-8)14-11-6-5-9(13)7-11/h1-4,9,12-13H,5-7H2/t9-/m0/s1. The molecule has 0 amide bonds. The Labute approximate surface area is 87.5 Å². The van der Waals surface area contributed by atoms with Crippen molar-refractivity contribution in [2.45, 2.75) is 17.4 Å². The van der Waals surface area contributed by atoms with Gasteiger partial charge >= 0.3 is 0 Å². The van der Waals surface area contributed by atoms with Gasteiger partial charge in [0.2, 0.25) is 0 Å². The number of hydrogen-bond donors (Lipinski definition) is 2. The topological polar surface area (TPSA) is 43.7 Å². The molecule has 0 unspecified atom stereocenters. The minimum atomic E-state index is -0.181. The van der Waals surface area contributed by atoms with E-state index < -0.39 is 0 Å². The molecule has 4 heteroatoms. The second-order valence-electron chi connectivity index (χ2n) is 3.42. The van der Waals surface area contributed by atoms with Crippen molar-refractivity contribution in [1.29, 1.82) is 0 Å². The summed E-state index contributed by atoms with van der Waals surface area (Å²) in [6.45, 7) is 1.65. The smallest absolute Gasteiger partial charge is 0.115 e. The lowest BCUT2D eigenvalue weighted by Gasteiger charge is -2.13. The van der Waals surface area contributed by atoms with E-state index in [-0.39, 0.29) is 11.9 Å². The molecule has 0 saturated carbocycles. The fourth-order valence-electron chi connectivity index (χ4n) is 1.45. The lowest BCUT2D eigenvalue weighted by molar-refractivity contribution is 0.190. The third kappa shape index (κ3) is 2.41. The number of phenols is 1. The first-order chi connectivity index (χ1) is 6.74. The highest BCUT2D eigenvalue weighted by Crippen LogP contribution is 2.27. The molecule has 0 aromatic heterocycles. The average Bonchev–Trinajstić information content (AvgIpc) is 2.56. The van der Waals surface area contributed by atoms with Gasteiger partial charge in [0.05, 0.1) is 6.10 Å². The molecule has 1 heterocycles. The van der Waals surface area contributed by atoms with Crippen LogP contribution in [0.2, 0.25) is 0 Å². The Hall–Kier alpha value is -0.710. The Bertz CT molecular complexity index is 301. The molecular formula is C10H13NO2S. The Kier molecular flexibility index (Phi) is 2.96. The van der Waals surface area contributed by atoms with Crippen LogP contribution >= 0.6 is 11.9 Å². The summed E-state index contributed by atoms with van der Waals surface area (Å²) in [4.78, 5) is 1.09. The second-order valence-corrected chi connectivity index (χ2v) is 4.59. The van der Waals surface area contributed by atoms with E-state index in [0.29, 0.717) is 0 Å². The van der Waals surface area contributed by atoms with Crippen molar-refractivity contribution in [3.63, 3.8) is 0 Å². The zero-order valence-corrected chi connectivity index (χ0v) is 8.57. The SMILES string of the molecule is Oc1ccc(SN2CC[C@H](O)C2)cc1. The number of β-amino-alcohol motifs (C(OH)–C–C–N with tert-alkyl or cyclic N) is 1. The fraction of sp³-hybridized carbons (Fsp3) is 0.400. The third-order valence-corrected chi connectivity index (χ3v) is 3.27. The number of aromatic hydroxyl groups is 1. The summed E-state index contributed by atoms with van der Waals surface area (Å²) in [5.74, 6) is 0.288. The van der Waals surface area contributed by atoms with Crippen LogP contribution in [0.3, 0.4) is 0 Å². The van der Waals surface area contributed by atoms with Crippen LogP contribution < -0.4 is 0 Å². The van der Waals surface area contributed by atoms with Gasteiger partial charge in [-0.15, -0.1) is 0 Å². The normalized spacial score (nSPS) is 22.8. The van der Waals surface area contributed by atoms with Gasteiger partial charge in [0.15, 0.2) is 0 Å². The van der Waals surface area contributed by atoms with Gasteiger partial charge in [-0.05, 0) is 42.6 Å². The van der Waals surface area contributed by atoms with Gasteiger partial charge in [0.1, 0.15) is 5.75 Å². The van der Waals surface area contributed by atoms with Crippen molar-refractivity contribution < 1.29 is 10.2 Å². The number of phenolic OH excluding ortho intramolecular Hbond substituents is 1. The zero-order valence-electron chi connectivity index (χ0n) is 7.76. The first-order valence-corrected chi connectivity index (χ1v) is 5.41. The Morgan fingerprint density at radius 3 is 2.57 bits per heavy atom. The number of benzene rings is 1. The molecule has 2 N–H and O–H groups in total. The van der Waals surface area contributed by atoms with Gasteiger partial charge in [-0.1, -0.05) is 0 Å². The van der Waals surface area contributed by atoms with Gasteiger partial charge < -0.3 is 10.2 Å². The summed E-state index contributed by atoms with van der Waals surface area (Å²) < 4.78 is 2.14. The van der Waals surface area contributed by atoms with E-state index in [2.05, 4.69) is 4.31 Å². The van der Waals surface area contributed by atoms with Crippen LogP contribution in [0.4, 0.5) is 0 Å². The van der Waals surface area contributed by atoms with Crippen LogP contribution in [-0.4, -0.2) is 33.7 Å². The zero-order chi connectivity index (χ0) is 9.97. The highest BCUT2D eigenvalue weighted by molar-refractivity contribution is 7.97. The molecule has 0 spiro atoms. The maximum Gasteiger partial charge on any atom is 0.115 e. The summed E-state index contributed by atoms with van der Waals surface area (Å²) in [7, 11) is 0. The van der Waals surface area contributed by atoms with Crippen LogP contribution in [0, 0.1) is 0 Å². The van der Waals surface area contributed by atoms with Crippen LogP contribution in [0.5, 0.6) is 5.75 Å². The Morgan fingerprint density at radius 1 is 1.29 bits per heavy atom. The first kappa shape index (κ1) is 9.83. The predicted molar refractivity (Wildman–Crippen MR) is 56.2 cm³/mol. The number of aliphatic hydroxyl groups is 1. The maximum atomic E-state index is 9.33. The summed E-state index contributed by atoms with van der Waals surface area (Å²) in [6.07, 6.45) is 0.671. The van der Waals surface area contributed by atoms with Gasteiger partial charge in [-0.3, -0.25) is 0 Å². The van der Waals surface area contributed by atoms with E-state index in [9.17, 15) is 5.11 Å². The Balaban J connectivity index is 1.94. The van der Waals surface area contributed by atoms with Crippen LogP contribution in [0.1, 0.15) is 6.42 Å². The molecular weight excluding hydrogens is 198 g/mol. The molecule has 1 aliphatic heterocycles. The summed E-state index contributed by atoms with van der Waals surface area (Å²) in [5.41, 5.74) is 0. The van der Waals surface area contributed by atoms with E-state index in [1.807, 2.05) is 12.1 Å². The molecule has 76 valence electrons. The molecule has 2 rings (SSSR count). The van der Waals surface area contributed by atoms with Gasteiger partial charge in [0.25, 0.3) is 0 Å². The van der Waals surface area contributed by atoms with Crippen molar-refractivity contribution >= 4 is 11.9 Å². The van der Waals surface area contributed by atoms with Crippen molar-refractivity contribution in [2.24, 2.45) is 0 Å². The number of aliphatic hydroxyl groups excluding tert-OH is 1. The van der Waals surface area contributed by atoms with E-state index in [4.69, 9.17) is 5.11 Å². The summed E-state index contributed by atoms with van der Waals surface area (Å²) >= 11 is 1.63. The Morgan fingerprint density at radius 2 is 2.00 bits per heavy atom. The molecule has 1 aliphatic rings. The fourth-order valence-corrected chi connectivity index (χ4v) is 2.45. The van der Waals surface area contributed by atoms with Crippen molar-refractivity contribution in [3.05, 3.63) is 24.3 Å². The first-order valence-electron chi connectivity index (χ1n) is 4.64. The molecule has 1 aromatic carbocycles. The minimum absolute atomic E-state index is 0.181. The maximum absolute atomic E-state index is 9.33. The van der Waals surface area contributed by atoms with Crippen molar-refractivity contribution in [1.82, 2.24) is 4.31 Å². The second kappa shape index (κ2) is 4.21. The molecule has 14 heavy (non-hydrogen) atoms. The van der Waals surface area contributed by atoms with E-state index in [1.54, 1.807) is 24.1 Å². The number of hydrogen-bond acceptors (Lipinski definition) is 4. The predicted octanol–water partition coefficient (Wildman–Crippen LogP) is 1.47. The van der Waals surface area contributed by atoms with Crippen LogP contribution in [-0.2, 0) is 0 Å². The van der Waals surface area contributed by atoms with Crippen LogP contribution in [0.25, 0.3) is 0 Å². The quantitative estimate of drug-likeness (QED) is 0.727. The van der Waals surface area contributed by atoms with Gasteiger partial charge in [0, 0.05) is 18.0 Å². The molecule has 3 nitrogen and oxygen atoms in total. The molecule has 1 saturated heterocycles. The minimum Gasteiger partial charge on any atom is -0.508 e. The van der Waals surface area contributed by atoms with E-state index in [1.165, 1.54) is 0 Å². The molecule has 1 atom stereocenters. The molecule has 0 aliphatic carbocycles. The molecule has 1 fully saturated rings. The highest BCUT2D eigenvalue weighted by atomic mass is 32.2. The van der Waals surface area contributed by atoms with Gasteiger partial charge in [-0.25, -0.2) is 4.31 Å². The highest BCUT2D eigenvalue weighted by Gasteiger charge is 2.20. The molecule has 1 aromatic rings. The van der Waals surface area contributed by atoms with Crippen molar-refractivity contribution in [2.75, 3.05) is 13.1 Å². The molecule has 0 bridgehead atoms. The monoisotopic (exact) mass is 211 g/mol. The number of rotatable bonds is 2. The van der Waals surface area contributed by atoms with Crippen molar-refractivity contribution in [3.8, 4) is 5.75 Å².